The summed E-state index contributed by atoms with van der Waals surface area (Å²) in [7, 11) is 0. The summed E-state index contributed by atoms with van der Waals surface area (Å²) in [6, 6.07) is 3.76. The molecule has 0 heterocycles. The van der Waals surface area contributed by atoms with Gasteiger partial charge in [-0.25, -0.2) is 14.4 Å². The molecule has 0 fully saturated rings. The number of esters is 3. The lowest BCUT2D eigenvalue weighted by atomic mass is 9.93. The highest BCUT2D eigenvalue weighted by Gasteiger charge is 2.30. The van der Waals surface area contributed by atoms with E-state index in [4.69, 9.17) is 14.2 Å². The highest BCUT2D eigenvalue weighted by Crippen LogP contribution is 2.26. The van der Waals surface area contributed by atoms with Crippen LogP contribution in [0.25, 0.3) is 0 Å². The van der Waals surface area contributed by atoms with Crippen molar-refractivity contribution in [3.63, 3.8) is 0 Å². The SMILES string of the molecule is C=C(C)C(=O)OC(CC)CC(COC(=O)c1cc(I)cc(I)c1I)C(CC)OC(=O)C(=C)C. The first-order chi connectivity index (χ1) is 15.4. The summed E-state index contributed by atoms with van der Waals surface area (Å²) in [6.07, 6.45) is 0.460. The van der Waals surface area contributed by atoms with E-state index in [2.05, 4.69) is 80.9 Å². The Hall–Kier alpha value is -0.700. The van der Waals surface area contributed by atoms with Crippen LogP contribution < -0.4 is 0 Å². The molecule has 0 aliphatic carbocycles. The van der Waals surface area contributed by atoms with E-state index in [9.17, 15) is 14.4 Å². The second-order valence-corrected chi connectivity index (χ2v) is 11.2. The molecule has 182 valence electrons. The molecule has 0 aliphatic heterocycles. The van der Waals surface area contributed by atoms with Crippen molar-refractivity contribution < 1.29 is 28.6 Å². The lowest BCUT2D eigenvalue weighted by Crippen LogP contribution is -2.34. The smallest absolute Gasteiger partial charge is 0.339 e. The van der Waals surface area contributed by atoms with Gasteiger partial charge in [-0.1, -0.05) is 27.0 Å². The molecule has 33 heavy (non-hydrogen) atoms. The van der Waals surface area contributed by atoms with Gasteiger partial charge in [0.2, 0.25) is 0 Å². The fourth-order valence-electron chi connectivity index (χ4n) is 2.93. The molecular formula is C24H29I3O6. The molecule has 1 aromatic carbocycles. The third kappa shape index (κ3) is 9.82. The van der Waals surface area contributed by atoms with Gasteiger partial charge in [-0.2, -0.15) is 0 Å². The van der Waals surface area contributed by atoms with Crippen LogP contribution in [-0.2, 0) is 23.8 Å². The van der Waals surface area contributed by atoms with E-state index in [1.54, 1.807) is 19.9 Å². The largest absolute Gasteiger partial charge is 0.462 e. The van der Waals surface area contributed by atoms with Gasteiger partial charge >= 0.3 is 17.9 Å². The topological polar surface area (TPSA) is 78.9 Å². The van der Waals surface area contributed by atoms with Crippen LogP contribution in [0.1, 0.15) is 57.3 Å². The fourth-order valence-corrected chi connectivity index (χ4v) is 5.31. The zero-order valence-electron chi connectivity index (χ0n) is 19.2. The van der Waals surface area contributed by atoms with Crippen LogP contribution >= 0.6 is 67.8 Å². The van der Waals surface area contributed by atoms with Crippen LogP contribution in [-0.4, -0.2) is 36.7 Å². The van der Waals surface area contributed by atoms with Crippen LogP contribution in [0.15, 0.2) is 36.4 Å². The average Bonchev–Trinajstić information content (AvgIpc) is 2.75. The van der Waals surface area contributed by atoms with Gasteiger partial charge in [-0.15, -0.1) is 0 Å². The van der Waals surface area contributed by atoms with Crippen molar-refractivity contribution in [2.75, 3.05) is 6.61 Å². The molecule has 3 unspecified atom stereocenters. The monoisotopic (exact) mass is 794 g/mol. The molecule has 0 saturated carbocycles. The van der Waals surface area contributed by atoms with Gasteiger partial charge in [0, 0.05) is 27.8 Å². The fraction of sp³-hybridized carbons (Fsp3) is 0.458. The van der Waals surface area contributed by atoms with Gasteiger partial charge in [-0.3, -0.25) is 0 Å². The maximum Gasteiger partial charge on any atom is 0.339 e. The number of hydrogen-bond donors (Lipinski definition) is 0. The van der Waals surface area contributed by atoms with Crippen LogP contribution in [0, 0.1) is 16.6 Å². The lowest BCUT2D eigenvalue weighted by Gasteiger charge is -2.29. The number of carbonyl (C=O) groups is 3. The molecule has 0 saturated heterocycles. The molecule has 0 spiro atoms. The number of hydrogen-bond acceptors (Lipinski definition) is 6. The van der Waals surface area contributed by atoms with Gasteiger partial charge in [-0.05, 0) is 113 Å². The summed E-state index contributed by atoms with van der Waals surface area (Å²) in [5, 5.41) is 0. The Morgan fingerprint density at radius 1 is 0.939 bits per heavy atom. The summed E-state index contributed by atoms with van der Waals surface area (Å²) in [5.74, 6) is -1.81. The molecule has 0 N–H and O–H groups in total. The van der Waals surface area contributed by atoms with Crippen molar-refractivity contribution >= 4 is 85.7 Å². The molecule has 3 atom stereocenters. The van der Waals surface area contributed by atoms with E-state index in [1.165, 1.54) is 0 Å². The summed E-state index contributed by atoms with van der Waals surface area (Å²) in [6.45, 7) is 14.2. The minimum absolute atomic E-state index is 0.0140. The first kappa shape index (κ1) is 30.3. The Labute approximate surface area is 236 Å². The molecule has 9 heteroatoms. The predicted octanol–water partition coefficient (Wildman–Crippen LogP) is 6.46. The van der Waals surface area contributed by atoms with Crippen molar-refractivity contribution in [1.29, 1.82) is 0 Å². The standard InChI is InChI=1S/C24H29I3O6/c1-7-17(32-22(28)13(3)4)9-15(20(8-2)33-23(29)14(5)6)12-31-24(30)18-10-16(25)11-19(26)21(18)27/h10-11,15,17,20H,3,5,7-9,12H2,1-2,4,6H3. The Bertz CT molecular complexity index is 912. The Morgan fingerprint density at radius 3 is 2.03 bits per heavy atom. The maximum absolute atomic E-state index is 12.9. The molecule has 6 nitrogen and oxygen atoms in total. The summed E-state index contributed by atoms with van der Waals surface area (Å²) < 4.78 is 19.6. The van der Waals surface area contributed by atoms with Crippen LogP contribution in [0.4, 0.5) is 0 Å². The lowest BCUT2D eigenvalue weighted by molar-refractivity contribution is -0.153. The first-order valence-corrected chi connectivity index (χ1v) is 13.7. The van der Waals surface area contributed by atoms with Gasteiger partial charge in [0.15, 0.2) is 0 Å². The molecule has 1 rings (SSSR count). The summed E-state index contributed by atoms with van der Waals surface area (Å²) >= 11 is 6.47. The molecule has 1 aromatic rings. The molecule has 0 bridgehead atoms. The van der Waals surface area contributed by atoms with Crippen molar-refractivity contribution in [2.24, 2.45) is 5.92 Å². The average molecular weight is 794 g/mol. The number of ether oxygens (including phenoxy) is 3. The van der Waals surface area contributed by atoms with Gasteiger partial charge in [0.25, 0.3) is 0 Å². The van der Waals surface area contributed by atoms with Crippen LogP contribution in [0.5, 0.6) is 0 Å². The van der Waals surface area contributed by atoms with Gasteiger partial charge < -0.3 is 14.2 Å². The summed E-state index contributed by atoms with van der Waals surface area (Å²) in [5.41, 5.74) is 1.08. The molecular weight excluding hydrogens is 765 g/mol. The Balaban J connectivity index is 3.11. The molecule has 0 radical (unpaired) electrons. The number of rotatable bonds is 12. The van der Waals surface area contributed by atoms with E-state index in [0.717, 1.165) is 10.7 Å². The molecule has 0 aliphatic rings. The Morgan fingerprint density at radius 2 is 1.52 bits per heavy atom. The normalized spacial score (nSPS) is 13.4. The number of halogens is 3. The minimum atomic E-state index is -0.533. The minimum Gasteiger partial charge on any atom is -0.462 e. The predicted molar refractivity (Wildman–Crippen MR) is 153 cm³/mol. The zero-order valence-corrected chi connectivity index (χ0v) is 25.7. The van der Waals surface area contributed by atoms with E-state index < -0.39 is 30.1 Å². The van der Waals surface area contributed by atoms with E-state index in [-0.39, 0.29) is 18.1 Å². The second kappa shape index (κ2) is 14.6. The zero-order chi connectivity index (χ0) is 25.3. The van der Waals surface area contributed by atoms with Gasteiger partial charge in [0.1, 0.15) is 12.2 Å². The second-order valence-electron chi connectivity index (χ2n) is 7.69. The van der Waals surface area contributed by atoms with Crippen molar-refractivity contribution in [3.8, 4) is 0 Å². The molecule has 0 amide bonds. The van der Waals surface area contributed by atoms with Crippen molar-refractivity contribution in [1.82, 2.24) is 0 Å². The van der Waals surface area contributed by atoms with Crippen LogP contribution in [0.2, 0.25) is 0 Å². The number of benzene rings is 1. The van der Waals surface area contributed by atoms with E-state index in [1.807, 2.05) is 19.9 Å². The maximum atomic E-state index is 12.9. The quantitative estimate of drug-likeness (QED) is 0.0796. The van der Waals surface area contributed by atoms with Gasteiger partial charge in [0.05, 0.1) is 12.2 Å². The molecule has 0 aromatic heterocycles. The van der Waals surface area contributed by atoms with E-state index in [0.29, 0.717) is 30.4 Å². The summed E-state index contributed by atoms with van der Waals surface area (Å²) in [4.78, 5) is 37.1. The number of carbonyl (C=O) groups excluding carboxylic acids is 3. The highest BCUT2D eigenvalue weighted by atomic mass is 127. The highest BCUT2D eigenvalue weighted by molar-refractivity contribution is 14.1. The first-order valence-electron chi connectivity index (χ1n) is 10.5. The Kier molecular flexibility index (Phi) is 13.5. The third-order valence-electron chi connectivity index (χ3n) is 4.82. The van der Waals surface area contributed by atoms with Crippen molar-refractivity contribution in [3.05, 3.63) is 52.7 Å². The van der Waals surface area contributed by atoms with E-state index >= 15 is 0 Å². The van der Waals surface area contributed by atoms with Crippen LogP contribution in [0.3, 0.4) is 0 Å². The van der Waals surface area contributed by atoms with Crippen molar-refractivity contribution in [2.45, 2.75) is 59.2 Å². The third-order valence-corrected chi connectivity index (χ3v) is 8.49.